The van der Waals surface area contributed by atoms with Crippen molar-refractivity contribution >= 4 is 6.72 Å². The molecule has 0 bridgehead atoms. The molecular weight excluding hydrogens is 146 g/mol. The Kier molecular flexibility index (Phi) is 6.47. The third-order valence-electron chi connectivity index (χ3n) is 2.04. The van der Waals surface area contributed by atoms with Crippen LogP contribution < -0.4 is 0 Å². The Hall–Kier alpha value is -0.770. The molecule has 1 heteroatoms. The van der Waals surface area contributed by atoms with E-state index in [1.807, 2.05) is 6.92 Å². The van der Waals surface area contributed by atoms with Gasteiger partial charge in [0.05, 0.1) is 0 Å². The predicted molar refractivity (Wildman–Crippen MR) is 55.5 cm³/mol. The summed E-state index contributed by atoms with van der Waals surface area (Å²) in [6.07, 6.45) is 3.44. The lowest BCUT2D eigenvalue weighted by molar-refractivity contribution is 0.525. The van der Waals surface area contributed by atoms with Crippen LogP contribution in [0, 0.1) is 17.8 Å². The first-order valence-corrected chi connectivity index (χ1v) is 4.64. The van der Waals surface area contributed by atoms with Crippen molar-refractivity contribution in [3.05, 3.63) is 0 Å². The summed E-state index contributed by atoms with van der Waals surface area (Å²) in [6, 6.07) is 0.0990. The molecule has 1 nitrogen and oxygen atoms in total. The third kappa shape index (κ3) is 5.97. The minimum Gasteiger partial charge on any atom is -0.285 e. The van der Waals surface area contributed by atoms with Gasteiger partial charge in [0.15, 0.2) is 0 Å². The first-order valence-electron chi connectivity index (χ1n) is 4.64. The van der Waals surface area contributed by atoms with E-state index in [-0.39, 0.29) is 6.04 Å². The zero-order chi connectivity index (χ0) is 9.40. The molecule has 0 aliphatic heterocycles. The van der Waals surface area contributed by atoms with Crippen LogP contribution in [-0.2, 0) is 0 Å². The fourth-order valence-electron chi connectivity index (χ4n) is 0.788. The van der Waals surface area contributed by atoms with Gasteiger partial charge < -0.3 is 0 Å². The lowest BCUT2D eigenvalue weighted by Gasteiger charge is -2.02. The lowest BCUT2D eigenvalue weighted by atomic mass is 10.0. The minimum atomic E-state index is 0.0990. The van der Waals surface area contributed by atoms with Crippen LogP contribution in [0.5, 0.6) is 0 Å². The Balaban J connectivity index is 3.51. The molecule has 0 aromatic rings. The van der Waals surface area contributed by atoms with E-state index in [1.54, 1.807) is 0 Å². The molecule has 12 heavy (non-hydrogen) atoms. The number of hydrogen-bond acceptors (Lipinski definition) is 1. The number of aliphatic imine (C=N–C) groups is 1. The van der Waals surface area contributed by atoms with Crippen LogP contribution in [0.15, 0.2) is 4.99 Å². The highest BCUT2D eigenvalue weighted by Gasteiger charge is 1.95. The van der Waals surface area contributed by atoms with Gasteiger partial charge in [-0.25, -0.2) is 0 Å². The van der Waals surface area contributed by atoms with E-state index in [1.165, 1.54) is 12.8 Å². The second-order valence-electron chi connectivity index (χ2n) is 3.23. The molecule has 0 aliphatic rings. The van der Waals surface area contributed by atoms with Crippen molar-refractivity contribution in [2.45, 2.75) is 46.1 Å². The largest absolute Gasteiger partial charge is 0.285 e. The summed E-state index contributed by atoms with van der Waals surface area (Å²) >= 11 is 0. The molecule has 2 unspecified atom stereocenters. The number of nitrogens with zero attached hydrogens (tertiary/aromatic N) is 1. The number of hydrogen-bond donors (Lipinski definition) is 0. The molecule has 0 heterocycles. The molecule has 0 aliphatic carbocycles. The molecule has 68 valence electrons. The Morgan fingerprint density at radius 1 is 1.42 bits per heavy atom. The molecule has 0 aromatic carbocycles. The third-order valence-corrected chi connectivity index (χ3v) is 2.04. The van der Waals surface area contributed by atoms with E-state index < -0.39 is 0 Å². The predicted octanol–water partition coefficient (Wildman–Crippen LogP) is 2.91. The van der Waals surface area contributed by atoms with Crippen LogP contribution in [0.2, 0.25) is 0 Å². The highest BCUT2D eigenvalue weighted by atomic mass is 14.7. The van der Waals surface area contributed by atoms with Crippen molar-refractivity contribution in [3.8, 4) is 11.8 Å². The zero-order valence-electron chi connectivity index (χ0n) is 8.43. The first kappa shape index (κ1) is 11.2. The minimum absolute atomic E-state index is 0.0990. The summed E-state index contributed by atoms with van der Waals surface area (Å²) in [5.41, 5.74) is 0. The summed E-state index contributed by atoms with van der Waals surface area (Å²) in [7, 11) is 0. The molecule has 0 saturated heterocycles. The molecule has 0 saturated carbocycles. The first-order chi connectivity index (χ1) is 5.70. The second-order valence-corrected chi connectivity index (χ2v) is 3.23. The van der Waals surface area contributed by atoms with Gasteiger partial charge in [-0.1, -0.05) is 26.2 Å². The Bertz CT molecular complexity index is 173. The van der Waals surface area contributed by atoms with Gasteiger partial charge in [0.25, 0.3) is 0 Å². The van der Waals surface area contributed by atoms with Crippen molar-refractivity contribution in [3.63, 3.8) is 0 Å². The van der Waals surface area contributed by atoms with Crippen LogP contribution in [-0.4, -0.2) is 12.8 Å². The van der Waals surface area contributed by atoms with Gasteiger partial charge in [-0.2, -0.15) is 0 Å². The van der Waals surface area contributed by atoms with Crippen molar-refractivity contribution < 1.29 is 0 Å². The zero-order valence-corrected chi connectivity index (χ0v) is 8.43. The van der Waals surface area contributed by atoms with Gasteiger partial charge in [-0.05, 0) is 26.0 Å². The van der Waals surface area contributed by atoms with E-state index >= 15 is 0 Å². The van der Waals surface area contributed by atoms with Crippen LogP contribution in [0.1, 0.15) is 40.0 Å². The van der Waals surface area contributed by atoms with E-state index in [0.717, 1.165) is 12.3 Å². The fraction of sp³-hybridized carbons (Fsp3) is 0.727. The summed E-state index contributed by atoms with van der Waals surface area (Å²) in [4.78, 5) is 3.80. The van der Waals surface area contributed by atoms with Crippen LogP contribution >= 0.6 is 0 Å². The van der Waals surface area contributed by atoms with Gasteiger partial charge in [-0.3, -0.25) is 4.99 Å². The lowest BCUT2D eigenvalue weighted by Crippen LogP contribution is -1.92. The van der Waals surface area contributed by atoms with Gasteiger partial charge in [0.1, 0.15) is 6.04 Å². The van der Waals surface area contributed by atoms with E-state index in [0.29, 0.717) is 0 Å². The second kappa shape index (κ2) is 6.91. The van der Waals surface area contributed by atoms with Gasteiger partial charge in [0, 0.05) is 6.42 Å². The maximum atomic E-state index is 3.80. The summed E-state index contributed by atoms with van der Waals surface area (Å²) in [5.74, 6) is 6.95. The molecule has 0 amide bonds. The smallest absolute Gasteiger partial charge is 0.107 e. The van der Waals surface area contributed by atoms with E-state index in [9.17, 15) is 0 Å². The van der Waals surface area contributed by atoms with Gasteiger partial charge in [-0.15, -0.1) is 5.92 Å². The van der Waals surface area contributed by atoms with Crippen molar-refractivity contribution in [2.24, 2.45) is 10.9 Å². The molecule has 0 rings (SSSR count). The van der Waals surface area contributed by atoms with Crippen LogP contribution in [0.3, 0.4) is 0 Å². The Labute approximate surface area is 76.3 Å². The molecule has 0 aromatic heterocycles. The fourth-order valence-corrected chi connectivity index (χ4v) is 0.788. The standard InChI is InChI=1S/C11H19N/c1-5-10(2)8-6-7-9-11(3)12-4/h10-11H,4-6,8H2,1-3H3. The molecular formula is C11H19N. The highest BCUT2D eigenvalue weighted by molar-refractivity contribution is 5.26. The summed E-state index contributed by atoms with van der Waals surface area (Å²) in [6.45, 7) is 9.87. The molecule has 0 spiro atoms. The van der Waals surface area contributed by atoms with Crippen molar-refractivity contribution in [1.82, 2.24) is 0 Å². The van der Waals surface area contributed by atoms with Crippen molar-refractivity contribution in [2.75, 3.05) is 0 Å². The monoisotopic (exact) mass is 165 g/mol. The van der Waals surface area contributed by atoms with Gasteiger partial charge >= 0.3 is 0 Å². The maximum Gasteiger partial charge on any atom is 0.107 e. The van der Waals surface area contributed by atoms with Crippen LogP contribution in [0.25, 0.3) is 0 Å². The van der Waals surface area contributed by atoms with E-state index in [4.69, 9.17) is 0 Å². The molecule has 0 N–H and O–H groups in total. The van der Waals surface area contributed by atoms with E-state index in [2.05, 4.69) is 37.4 Å². The SMILES string of the molecule is C=NC(C)C#CCCC(C)CC. The average molecular weight is 165 g/mol. The number of rotatable bonds is 4. The Morgan fingerprint density at radius 3 is 2.58 bits per heavy atom. The average Bonchev–Trinajstić information content (AvgIpc) is 2.11. The molecule has 2 atom stereocenters. The van der Waals surface area contributed by atoms with Gasteiger partial charge in [0.2, 0.25) is 0 Å². The summed E-state index contributed by atoms with van der Waals surface area (Å²) in [5, 5.41) is 0. The normalized spacial score (nSPS) is 14.2. The highest BCUT2D eigenvalue weighted by Crippen LogP contribution is 2.07. The Morgan fingerprint density at radius 2 is 2.08 bits per heavy atom. The summed E-state index contributed by atoms with van der Waals surface area (Å²) < 4.78 is 0. The maximum absolute atomic E-state index is 3.80. The molecule has 0 radical (unpaired) electrons. The topological polar surface area (TPSA) is 12.4 Å². The molecule has 0 fully saturated rings. The quantitative estimate of drug-likeness (QED) is 0.448. The van der Waals surface area contributed by atoms with Crippen molar-refractivity contribution in [1.29, 1.82) is 0 Å². The van der Waals surface area contributed by atoms with Crippen LogP contribution in [0.4, 0.5) is 0 Å².